The predicted octanol–water partition coefficient (Wildman–Crippen LogP) is 2.51. The van der Waals surface area contributed by atoms with Gasteiger partial charge in [-0.3, -0.25) is 4.90 Å². The first kappa shape index (κ1) is 14.6. The summed E-state index contributed by atoms with van der Waals surface area (Å²) in [4.78, 5) is 6.78. The summed E-state index contributed by atoms with van der Waals surface area (Å²) in [5, 5.41) is 4.05. The molecule has 1 atom stereocenters. The predicted molar refractivity (Wildman–Crippen MR) is 81.9 cm³/mol. The van der Waals surface area contributed by atoms with Crippen molar-refractivity contribution in [3.8, 4) is 0 Å². The third-order valence-electron chi connectivity index (χ3n) is 3.44. The lowest BCUT2D eigenvalue weighted by Crippen LogP contribution is -2.38. The highest BCUT2D eigenvalue weighted by atomic mass is 32.2. The highest BCUT2D eigenvalue weighted by molar-refractivity contribution is 7.97. The standard InChI is InChI=1S/C15H19N3O2S/c1-21-11-14-16-15(17-20-14)13-10-18(7-8-19-13)9-12-5-3-2-4-6-12/h2-6,13H,7-11H2,1H3. The van der Waals surface area contributed by atoms with E-state index in [2.05, 4.69) is 39.3 Å². The molecule has 2 aromatic rings. The van der Waals surface area contributed by atoms with E-state index in [4.69, 9.17) is 9.26 Å². The molecule has 112 valence electrons. The SMILES string of the molecule is CSCc1nc(C2CN(Cc3ccccc3)CCO2)no1. The Labute approximate surface area is 128 Å². The molecule has 1 aliphatic rings. The van der Waals surface area contributed by atoms with Crippen molar-refractivity contribution in [1.82, 2.24) is 15.0 Å². The van der Waals surface area contributed by atoms with Gasteiger partial charge in [-0.05, 0) is 11.8 Å². The van der Waals surface area contributed by atoms with Crippen molar-refractivity contribution in [3.63, 3.8) is 0 Å². The van der Waals surface area contributed by atoms with Crippen molar-refractivity contribution in [2.45, 2.75) is 18.4 Å². The van der Waals surface area contributed by atoms with Crippen LogP contribution < -0.4 is 0 Å². The van der Waals surface area contributed by atoms with Crippen molar-refractivity contribution < 1.29 is 9.26 Å². The number of aromatic nitrogens is 2. The summed E-state index contributed by atoms with van der Waals surface area (Å²) >= 11 is 1.67. The van der Waals surface area contributed by atoms with Gasteiger partial charge in [0.15, 0.2) is 0 Å². The number of ether oxygens (including phenoxy) is 1. The summed E-state index contributed by atoms with van der Waals surface area (Å²) < 4.78 is 11.0. The van der Waals surface area contributed by atoms with Gasteiger partial charge < -0.3 is 9.26 Å². The molecule has 1 saturated heterocycles. The Morgan fingerprint density at radius 2 is 2.19 bits per heavy atom. The molecule has 0 radical (unpaired) electrons. The van der Waals surface area contributed by atoms with Crippen LogP contribution in [0.4, 0.5) is 0 Å². The zero-order chi connectivity index (χ0) is 14.5. The van der Waals surface area contributed by atoms with Crippen molar-refractivity contribution in [1.29, 1.82) is 0 Å². The van der Waals surface area contributed by atoms with Gasteiger partial charge in [-0.1, -0.05) is 35.5 Å². The minimum absolute atomic E-state index is 0.0955. The molecule has 5 nitrogen and oxygen atoms in total. The van der Waals surface area contributed by atoms with E-state index < -0.39 is 0 Å². The highest BCUT2D eigenvalue weighted by Crippen LogP contribution is 2.21. The van der Waals surface area contributed by atoms with Crippen LogP contribution in [0.3, 0.4) is 0 Å². The van der Waals surface area contributed by atoms with Crippen LogP contribution in [0.15, 0.2) is 34.9 Å². The van der Waals surface area contributed by atoms with Crippen molar-refractivity contribution in [2.75, 3.05) is 26.0 Å². The lowest BCUT2D eigenvalue weighted by atomic mass is 10.2. The molecule has 0 saturated carbocycles. The van der Waals surface area contributed by atoms with Crippen molar-refractivity contribution >= 4 is 11.8 Å². The maximum absolute atomic E-state index is 5.79. The maximum Gasteiger partial charge on any atom is 0.236 e. The number of nitrogens with zero attached hydrogens (tertiary/aromatic N) is 3. The average molecular weight is 305 g/mol. The van der Waals surface area contributed by atoms with Crippen LogP contribution in [-0.4, -0.2) is 41.0 Å². The molecule has 3 rings (SSSR count). The van der Waals surface area contributed by atoms with Crippen molar-refractivity contribution in [2.24, 2.45) is 0 Å². The Balaban J connectivity index is 1.62. The van der Waals surface area contributed by atoms with E-state index >= 15 is 0 Å². The number of hydrogen-bond acceptors (Lipinski definition) is 6. The molecule has 1 fully saturated rings. The Kier molecular flexibility index (Phi) is 4.90. The molecule has 2 heterocycles. The van der Waals surface area contributed by atoms with E-state index in [9.17, 15) is 0 Å². The molecule has 1 aromatic heterocycles. The molecule has 0 spiro atoms. The summed E-state index contributed by atoms with van der Waals surface area (Å²) in [6, 6.07) is 10.5. The fourth-order valence-electron chi connectivity index (χ4n) is 2.42. The molecular weight excluding hydrogens is 286 g/mol. The van der Waals surface area contributed by atoms with Crippen LogP contribution in [0.1, 0.15) is 23.4 Å². The molecule has 0 bridgehead atoms. The van der Waals surface area contributed by atoms with E-state index in [1.54, 1.807) is 11.8 Å². The molecule has 21 heavy (non-hydrogen) atoms. The van der Waals surface area contributed by atoms with Gasteiger partial charge in [-0.15, -0.1) is 0 Å². The van der Waals surface area contributed by atoms with Crippen LogP contribution in [0, 0.1) is 0 Å². The summed E-state index contributed by atoms with van der Waals surface area (Å²) in [5.74, 6) is 2.08. The van der Waals surface area contributed by atoms with Gasteiger partial charge in [0.25, 0.3) is 0 Å². The quantitative estimate of drug-likeness (QED) is 0.846. The van der Waals surface area contributed by atoms with Crippen LogP contribution >= 0.6 is 11.8 Å². The lowest BCUT2D eigenvalue weighted by Gasteiger charge is -2.31. The third-order valence-corrected chi connectivity index (χ3v) is 3.97. The van der Waals surface area contributed by atoms with Crippen LogP contribution in [0.2, 0.25) is 0 Å². The van der Waals surface area contributed by atoms with Gasteiger partial charge in [0.2, 0.25) is 11.7 Å². The Morgan fingerprint density at radius 1 is 1.33 bits per heavy atom. The molecule has 1 unspecified atom stereocenters. The normalized spacial score (nSPS) is 19.8. The maximum atomic E-state index is 5.79. The van der Waals surface area contributed by atoms with E-state index in [1.807, 2.05) is 12.3 Å². The summed E-state index contributed by atoms with van der Waals surface area (Å²) in [5.41, 5.74) is 1.31. The Hall–Kier alpha value is -1.37. The Bertz CT molecular complexity index is 561. The second-order valence-electron chi connectivity index (χ2n) is 5.06. The number of morpholine rings is 1. The molecule has 1 aliphatic heterocycles. The van der Waals surface area contributed by atoms with Gasteiger partial charge in [-0.25, -0.2) is 0 Å². The van der Waals surface area contributed by atoms with E-state index in [0.29, 0.717) is 18.3 Å². The third kappa shape index (κ3) is 3.84. The largest absolute Gasteiger partial charge is 0.367 e. The van der Waals surface area contributed by atoms with Gasteiger partial charge >= 0.3 is 0 Å². The van der Waals surface area contributed by atoms with Crippen LogP contribution in [0.25, 0.3) is 0 Å². The zero-order valence-corrected chi connectivity index (χ0v) is 12.9. The second-order valence-corrected chi connectivity index (χ2v) is 5.93. The fraction of sp³-hybridized carbons (Fsp3) is 0.467. The van der Waals surface area contributed by atoms with E-state index in [-0.39, 0.29) is 6.10 Å². The van der Waals surface area contributed by atoms with Crippen LogP contribution in [0.5, 0.6) is 0 Å². The number of hydrogen-bond donors (Lipinski definition) is 0. The smallest absolute Gasteiger partial charge is 0.236 e. The topological polar surface area (TPSA) is 51.4 Å². The molecule has 0 amide bonds. The number of benzene rings is 1. The number of rotatable bonds is 5. The van der Waals surface area contributed by atoms with Gasteiger partial charge in [0.05, 0.1) is 12.4 Å². The van der Waals surface area contributed by atoms with Gasteiger partial charge in [-0.2, -0.15) is 16.7 Å². The minimum atomic E-state index is -0.0955. The highest BCUT2D eigenvalue weighted by Gasteiger charge is 2.26. The molecule has 6 heteroatoms. The monoisotopic (exact) mass is 305 g/mol. The van der Waals surface area contributed by atoms with Crippen molar-refractivity contribution in [3.05, 3.63) is 47.6 Å². The minimum Gasteiger partial charge on any atom is -0.367 e. The van der Waals surface area contributed by atoms with E-state index in [0.717, 1.165) is 25.4 Å². The molecular formula is C15H19N3O2S. The first-order valence-corrected chi connectivity index (χ1v) is 8.44. The zero-order valence-electron chi connectivity index (χ0n) is 12.1. The Morgan fingerprint density at radius 3 is 3.00 bits per heavy atom. The summed E-state index contributed by atoms with van der Waals surface area (Å²) in [6.07, 6.45) is 1.92. The first-order chi connectivity index (χ1) is 10.3. The first-order valence-electron chi connectivity index (χ1n) is 7.04. The number of thioether (sulfide) groups is 1. The fourth-order valence-corrected chi connectivity index (χ4v) is 2.79. The van der Waals surface area contributed by atoms with E-state index in [1.165, 1.54) is 5.56 Å². The van der Waals surface area contributed by atoms with Crippen LogP contribution in [-0.2, 0) is 17.0 Å². The second kappa shape index (κ2) is 7.06. The average Bonchev–Trinajstić information content (AvgIpc) is 2.98. The molecule has 0 N–H and O–H groups in total. The van der Waals surface area contributed by atoms with Gasteiger partial charge in [0, 0.05) is 19.6 Å². The summed E-state index contributed by atoms with van der Waals surface area (Å²) in [6.45, 7) is 3.36. The molecule has 0 aliphatic carbocycles. The van der Waals surface area contributed by atoms with Gasteiger partial charge in [0.1, 0.15) is 6.10 Å². The lowest BCUT2D eigenvalue weighted by molar-refractivity contribution is -0.0380. The molecule has 1 aromatic carbocycles. The summed E-state index contributed by atoms with van der Waals surface area (Å²) in [7, 11) is 0.